The fraction of sp³-hybridized carbons (Fsp3) is 0.333. The van der Waals surface area contributed by atoms with Gasteiger partial charge in [-0.05, 0) is 45.4 Å². The molecule has 0 unspecified atom stereocenters. The van der Waals surface area contributed by atoms with Crippen LogP contribution in [0, 0.1) is 27.7 Å². The lowest BCUT2D eigenvalue weighted by atomic mass is 10.1. The van der Waals surface area contributed by atoms with E-state index < -0.39 is 23.9 Å². The fourth-order valence-electron chi connectivity index (χ4n) is 3.08. The summed E-state index contributed by atoms with van der Waals surface area (Å²) in [4.78, 5) is 48.1. The van der Waals surface area contributed by atoms with E-state index in [1.807, 2.05) is 13.0 Å². The first-order valence-corrected chi connectivity index (χ1v) is 10.8. The number of rotatable bonds is 6. The standard InChI is InChI=1S/C24H26O8S/c1-11-9-19(29-15(5)25)12(2)20(10-11)33-24-14(4)22(31-17(7)27)21(30-16(6)26)13(3)23(24)32-18(8)28/h9-10H,1-8H3. The minimum Gasteiger partial charge on any atom is -0.426 e. The van der Waals surface area contributed by atoms with E-state index >= 15 is 0 Å². The predicted molar refractivity (Wildman–Crippen MR) is 121 cm³/mol. The third-order valence-electron chi connectivity index (χ3n) is 4.43. The number of carbonyl (C=O) groups excluding carboxylic acids is 4. The Hall–Kier alpha value is -3.33. The van der Waals surface area contributed by atoms with E-state index in [4.69, 9.17) is 18.9 Å². The van der Waals surface area contributed by atoms with E-state index in [0.29, 0.717) is 27.3 Å². The molecular formula is C24H26O8S. The van der Waals surface area contributed by atoms with Gasteiger partial charge in [0.25, 0.3) is 0 Å². The maximum Gasteiger partial charge on any atom is 0.308 e. The van der Waals surface area contributed by atoms with Crippen molar-refractivity contribution in [2.45, 2.75) is 65.2 Å². The van der Waals surface area contributed by atoms with Crippen LogP contribution in [0.5, 0.6) is 23.0 Å². The second-order valence-corrected chi connectivity index (χ2v) is 8.48. The van der Waals surface area contributed by atoms with Crippen molar-refractivity contribution in [3.05, 3.63) is 34.4 Å². The molecule has 0 saturated carbocycles. The average Bonchev–Trinajstić information content (AvgIpc) is 2.67. The quantitative estimate of drug-likeness (QED) is 0.432. The molecule has 176 valence electrons. The molecule has 0 aliphatic heterocycles. The summed E-state index contributed by atoms with van der Waals surface area (Å²) in [7, 11) is 0. The van der Waals surface area contributed by atoms with E-state index in [0.717, 1.165) is 10.5 Å². The smallest absolute Gasteiger partial charge is 0.308 e. The van der Waals surface area contributed by atoms with Crippen LogP contribution in [0.1, 0.15) is 49.9 Å². The van der Waals surface area contributed by atoms with Gasteiger partial charge < -0.3 is 18.9 Å². The SMILES string of the molecule is CC(=O)Oc1cc(C)cc(Sc2c(C)c(OC(C)=O)c(OC(C)=O)c(C)c2OC(C)=O)c1C. The van der Waals surface area contributed by atoms with E-state index in [1.165, 1.54) is 39.5 Å². The third-order valence-corrected chi connectivity index (χ3v) is 5.77. The first-order valence-electron chi connectivity index (χ1n) is 10.0. The van der Waals surface area contributed by atoms with E-state index in [-0.39, 0.29) is 17.2 Å². The molecule has 0 aromatic heterocycles. The van der Waals surface area contributed by atoms with E-state index in [9.17, 15) is 19.2 Å². The average molecular weight is 475 g/mol. The highest BCUT2D eigenvalue weighted by Crippen LogP contribution is 2.50. The molecule has 0 N–H and O–H groups in total. The topological polar surface area (TPSA) is 105 Å². The summed E-state index contributed by atoms with van der Waals surface area (Å²) in [6.45, 7) is 11.9. The number of esters is 4. The highest BCUT2D eigenvalue weighted by Gasteiger charge is 2.27. The van der Waals surface area contributed by atoms with Crippen molar-refractivity contribution in [2.24, 2.45) is 0 Å². The number of carbonyl (C=O) groups is 4. The summed E-state index contributed by atoms with van der Waals surface area (Å²) >= 11 is 1.25. The number of hydrogen-bond acceptors (Lipinski definition) is 9. The number of hydrogen-bond donors (Lipinski definition) is 0. The Morgan fingerprint density at radius 1 is 0.606 bits per heavy atom. The molecule has 2 aromatic carbocycles. The van der Waals surface area contributed by atoms with Gasteiger partial charge in [0.05, 0.1) is 4.90 Å². The molecule has 2 aromatic rings. The summed E-state index contributed by atoms with van der Waals surface area (Å²) in [6.07, 6.45) is 0. The summed E-state index contributed by atoms with van der Waals surface area (Å²) < 4.78 is 21.5. The molecule has 0 aliphatic rings. The van der Waals surface area contributed by atoms with Gasteiger partial charge in [0.15, 0.2) is 17.2 Å². The predicted octanol–water partition coefficient (Wildman–Crippen LogP) is 4.77. The lowest BCUT2D eigenvalue weighted by molar-refractivity contribution is -0.134. The Kier molecular flexibility index (Phi) is 8.27. The van der Waals surface area contributed by atoms with Gasteiger partial charge in [0.1, 0.15) is 5.75 Å². The second-order valence-electron chi connectivity index (χ2n) is 7.43. The van der Waals surface area contributed by atoms with Crippen molar-refractivity contribution in [3.8, 4) is 23.0 Å². The van der Waals surface area contributed by atoms with Crippen LogP contribution in [-0.2, 0) is 19.2 Å². The Morgan fingerprint density at radius 3 is 1.55 bits per heavy atom. The first-order chi connectivity index (χ1) is 15.3. The van der Waals surface area contributed by atoms with Crippen LogP contribution in [0.3, 0.4) is 0 Å². The highest BCUT2D eigenvalue weighted by atomic mass is 32.2. The van der Waals surface area contributed by atoms with Gasteiger partial charge in [-0.3, -0.25) is 19.2 Å². The molecule has 2 rings (SSSR count). The van der Waals surface area contributed by atoms with E-state index in [2.05, 4.69) is 0 Å². The Balaban J connectivity index is 2.81. The molecule has 9 heteroatoms. The van der Waals surface area contributed by atoms with E-state index in [1.54, 1.807) is 26.8 Å². The largest absolute Gasteiger partial charge is 0.426 e. The molecule has 0 saturated heterocycles. The zero-order chi connectivity index (χ0) is 25.0. The molecular weight excluding hydrogens is 448 g/mol. The molecule has 0 bridgehead atoms. The van der Waals surface area contributed by atoms with Crippen molar-refractivity contribution in [1.29, 1.82) is 0 Å². The van der Waals surface area contributed by atoms with Crippen molar-refractivity contribution in [3.63, 3.8) is 0 Å². The lowest BCUT2D eigenvalue weighted by Gasteiger charge is -2.22. The van der Waals surface area contributed by atoms with Gasteiger partial charge in [-0.25, -0.2) is 0 Å². The van der Waals surface area contributed by atoms with Crippen molar-refractivity contribution in [2.75, 3.05) is 0 Å². The highest BCUT2D eigenvalue weighted by molar-refractivity contribution is 7.99. The van der Waals surface area contributed by atoms with Gasteiger partial charge in [-0.1, -0.05) is 11.8 Å². The number of aryl methyl sites for hydroxylation is 1. The summed E-state index contributed by atoms with van der Waals surface area (Å²) in [5.74, 6) is -1.62. The molecule has 0 heterocycles. The van der Waals surface area contributed by atoms with Gasteiger partial charge >= 0.3 is 23.9 Å². The Bertz CT molecular complexity index is 1150. The molecule has 33 heavy (non-hydrogen) atoms. The molecule has 0 amide bonds. The zero-order valence-electron chi connectivity index (χ0n) is 19.8. The minimum absolute atomic E-state index is 0.00244. The number of ether oxygens (including phenoxy) is 4. The first kappa shape index (κ1) is 25.9. The summed E-state index contributed by atoms with van der Waals surface area (Å²) in [5, 5.41) is 0. The summed E-state index contributed by atoms with van der Waals surface area (Å²) in [5.41, 5.74) is 2.29. The molecule has 0 radical (unpaired) electrons. The van der Waals surface area contributed by atoms with Crippen LogP contribution in [0.25, 0.3) is 0 Å². The third kappa shape index (κ3) is 6.35. The monoisotopic (exact) mass is 474 g/mol. The van der Waals surface area contributed by atoms with Crippen LogP contribution >= 0.6 is 11.8 Å². The van der Waals surface area contributed by atoms with Crippen LogP contribution in [-0.4, -0.2) is 23.9 Å². The molecule has 0 aliphatic carbocycles. The normalized spacial score (nSPS) is 10.4. The van der Waals surface area contributed by atoms with Crippen LogP contribution in [0.2, 0.25) is 0 Å². The number of benzene rings is 2. The maximum atomic E-state index is 11.9. The van der Waals surface area contributed by atoms with Crippen LogP contribution in [0.15, 0.2) is 21.9 Å². The van der Waals surface area contributed by atoms with Gasteiger partial charge in [-0.15, -0.1) is 0 Å². The van der Waals surface area contributed by atoms with Gasteiger partial charge in [0, 0.05) is 49.3 Å². The van der Waals surface area contributed by atoms with Gasteiger partial charge in [0.2, 0.25) is 0 Å². The molecule has 8 nitrogen and oxygen atoms in total. The Morgan fingerprint density at radius 2 is 1.06 bits per heavy atom. The van der Waals surface area contributed by atoms with Crippen LogP contribution < -0.4 is 18.9 Å². The molecule has 0 spiro atoms. The molecule has 0 atom stereocenters. The second kappa shape index (κ2) is 10.5. The lowest BCUT2D eigenvalue weighted by Crippen LogP contribution is -2.13. The van der Waals surface area contributed by atoms with Crippen molar-refractivity contribution >= 4 is 35.6 Å². The minimum atomic E-state index is -0.624. The van der Waals surface area contributed by atoms with Crippen LogP contribution in [0.4, 0.5) is 0 Å². The van der Waals surface area contributed by atoms with Crippen molar-refractivity contribution in [1.82, 2.24) is 0 Å². The van der Waals surface area contributed by atoms with Gasteiger partial charge in [-0.2, -0.15) is 0 Å². The molecule has 0 fully saturated rings. The fourth-order valence-corrected chi connectivity index (χ4v) is 4.33. The van der Waals surface area contributed by atoms with Crippen molar-refractivity contribution < 1.29 is 38.1 Å². The zero-order valence-corrected chi connectivity index (χ0v) is 20.6. The maximum absolute atomic E-state index is 11.9. The summed E-state index contributed by atoms with van der Waals surface area (Å²) in [6, 6.07) is 3.64. The Labute approximate surface area is 196 Å².